The van der Waals surface area contributed by atoms with Crippen molar-refractivity contribution in [3.05, 3.63) is 30.7 Å². The van der Waals surface area contributed by atoms with Crippen LogP contribution >= 0.6 is 0 Å². The summed E-state index contributed by atoms with van der Waals surface area (Å²) in [5.74, 6) is 2.04. The second kappa shape index (κ2) is 7.39. The van der Waals surface area contributed by atoms with E-state index in [2.05, 4.69) is 51.1 Å². The molecule has 0 spiro atoms. The summed E-state index contributed by atoms with van der Waals surface area (Å²) in [6.45, 7) is 8.23. The minimum Gasteiger partial charge on any atom is -0.375 e. The third-order valence-corrected chi connectivity index (χ3v) is 6.42. The van der Waals surface area contributed by atoms with E-state index in [0.717, 1.165) is 56.3 Å². The Hall–Kier alpha value is -2.94. The Morgan fingerprint density at radius 3 is 2.97 bits per heavy atom. The van der Waals surface area contributed by atoms with Gasteiger partial charge >= 0.3 is 6.03 Å². The molecule has 2 atom stereocenters. The molecule has 0 aromatic carbocycles. The minimum absolute atomic E-state index is 0.162. The summed E-state index contributed by atoms with van der Waals surface area (Å²) in [6.07, 6.45) is 6.65. The smallest absolute Gasteiger partial charge is 0.329 e. The van der Waals surface area contributed by atoms with Crippen LogP contribution in [0.25, 0.3) is 0 Å². The standard InChI is InChI=1S/C21H27N7O2/c1-3-21-6-9-27(14-21)16-4-5-18(26-10-11-30-15(2)13-26)25-19(16)28(21)20(29)24-17-12-22-7-8-23-17/h4-5,7-8,12,15H,3,6,9-11,13-14H2,1-2H3,(H,23,24,29)/t15?,21-/m0/s1. The van der Waals surface area contributed by atoms with Gasteiger partial charge in [0, 0.05) is 38.6 Å². The number of pyridine rings is 1. The summed E-state index contributed by atoms with van der Waals surface area (Å²) in [5.41, 5.74) is 0.736. The van der Waals surface area contributed by atoms with Crippen molar-refractivity contribution in [1.29, 1.82) is 0 Å². The molecule has 0 radical (unpaired) electrons. The van der Waals surface area contributed by atoms with Crippen molar-refractivity contribution in [2.75, 3.05) is 52.8 Å². The number of morpholine rings is 1. The molecule has 0 saturated carbocycles. The van der Waals surface area contributed by atoms with Crippen LogP contribution < -0.4 is 20.0 Å². The SMILES string of the molecule is CC[C@]12CCN(C1)c1ccc(N3CCOC(C)C3)nc1N2C(=O)Nc1cnccn1. The largest absolute Gasteiger partial charge is 0.375 e. The average molecular weight is 409 g/mol. The number of ether oxygens (including phenoxy) is 1. The van der Waals surface area contributed by atoms with E-state index in [1.165, 1.54) is 0 Å². The second-order valence-electron chi connectivity index (χ2n) is 8.25. The third-order valence-electron chi connectivity index (χ3n) is 6.42. The number of hydrogen-bond acceptors (Lipinski definition) is 7. The molecule has 3 aliphatic heterocycles. The van der Waals surface area contributed by atoms with Crippen molar-refractivity contribution in [2.24, 2.45) is 0 Å². The fourth-order valence-corrected chi connectivity index (χ4v) is 4.80. The summed E-state index contributed by atoms with van der Waals surface area (Å²) in [5, 5.41) is 2.92. The predicted molar refractivity (Wildman–Crippen MR) is 115 cm³/mol. The second-order valence-corrected chi connectivity index (χ2v) is 8.25. The Balaban J connectivity index is 1.53. The molecule has 1 N–H and O–H groups in total. The van der Waals surface area contributed by atoms with Gasteiger partial charge in [-0.1, -0.05) is 6.92 Å². The normalized spacial score (nSPS) is 25.3. The number of amides is 2. The maximum Gasteiger partial charge on any atom is 0.329 e. The lowest BCUT2D eigenvalue weighted by atomic mass is 9.91. The lowest BCUT2D eigenvalue weighted by Crippen LogP contribution is -2.58. The first kappa shape index (κ1) is 19.0. The monoisotopic (exact) mass is 409 g/mol. The molecule has 2 aromatic rings. The molecule has 2 fully saturated rings. The molecule has 2 amide bonds. The molecule has 5 rings (SSSR count). The summed E-state index contributed by atoms with van der Waals surface area (Å²) >= 11 is 0. The number of carbonyl (C=O) groups is 1. The maximum atomic E-state index is 13.5. The van der Waals surface area contributed by atoms with Crippen LogP contribution in [0.1, 0.15) is 26.7 Å². The Labute approximate surface area is 176 Å². The van der Waals surface area contributed by atoms with Crippen LogP contribution in [0.5, 0.6) is 0 Å². The molecule has 5 heterocycles. The van der Waals surface area contributed by atoms with Gasteiger partial charge in [-0.25, -0.2) is 14.8 Å². The summed E-state index contributed by atoms with van der Waals surface area (Å²) < 4.78 is 5.68. The number of nitrogens with zero attached hydrogens (tertiary/aromatic N) is 6. The van der Waals surface area contributed by atoms with E-state index >= 15 is 0 Å². The minimum atomic E-state index is -0.275. The van der Waals surface area contributed by atoms with Gasteiger partial charge in [0.15, 0.2) is 11.6 Å². The Kier molecular flexibility index (Phi) is 4.69. The van der Waals surface area contributed by atoms with Crippen LogP contribution in [0.4, 0.5) is 27.9 Å². The first-order valence-corrected chi connectivity index (χ1v) is 10.6. The zero-order valence-corrected chi connectivity index (χ0v) is 17.4. The van der Waals surface area contributed by atoms with Gasteiger partial charge in [-0.2, -0.15) is 0 Å². The fourth-order valence-electron chi connectivity index (χ4n) is 4.80. The quantitative estimate of drug-likeness (QED) is 0.833. The number of nitrogens with one attached hydrogen (secondary N) is 1. The van der Waals surface area contributed by atoms with E-state index in [4.69, 9.17) is 9.72 Å². The van der Waals surface area contributed by atoms with Gasteiger partial charge < -0.3 is 14.5 Å². The molecule has 2 bridgehead atoms. The van der Waals surface area contributed by atoms with Crippen molar-refractivity contribution in [2.45, 2.75) is 38.3 Å². The van der Waals surface area contributed by atoms with Gasteiger partial charge in [0.05, 0.1) is 30.1 Å². The summed E-state index contributed by atoms with van der Waals surface area (Å²) in [4.78, 5) is 33.2. The van der Waals surface area contributed by atoms with E-state index < -0.39 is 0 Å². The van der Waals surface area contributed by atoms with E-state index in [9.17, 15) is 4.79 Å². The molecule has 158 valence electrons. The number of aromatic nitrogens is 3. The lowest BCUT2D eigenvalue weighted by molar-refractivity contribution is 0.0529. The molecule has 3 aliphatic rings. The average Bonchev–Trinajstić information content (AvgIpc) is 3.14. The van der Waals surface area contributed by atoms with Crippen molar-refractivity contribution in [3.8, 4) is 0 Å². The lowest BCUT2D eigenvalue weighted by Gasteiger charge is -2.44. The molecule has 30 heavy (non-hydrogen) atoms. The van der Waals surface area contributed by atoms with Crippen LogP contribution in [0.2, 0.25) is 0 Å². The zero-order chi connectivity index (χ0) is 20.7. The van der Waals surface area contributed by atoms with Crippen LogP contribution in [0.15, 0.2) is 30.7 Å². The predicted octanol–water partition coefficient (Wildman–Crippen LogP) is 2.51. The highest BCUT2D eigenvalue weighted by atomic mass is 16.5. The number of rotatable bonds is 3. The van der Waals surface area contributed by atoms with Crippen molar-refractivity contribution < 1.29 is 9.53 Å². The molecule has 2 saturated heterocycles. The van der Waals surface area contributed by atoms with Gasteiger partial charge in [0.25, 0.3) is 0 Å². The van der Waals surface area contributed by atoms with E-state index in [-0.39, 0.29) is 17.7 Å². The van der Waals surface area contributed by atoms with Crippen LogP contribution in [-0.2, 0) is 4.74 Å². The first-order valence-electron chi connectivity index (χ1n) is 10.6. The summed E-state index contributed by atoms with van der Waals surface area (Å²) in [7, 11) is 0. The van der Waals surface area contributed by atoms with Gasteiger partial charge in [0.2, 0.25) is 0 Å². The first-order chi connectivity index (χ1) is 14.6. The van der Waals surface area contributed by atoms with E-state index in [1.807, 2.05) is 4.90 Å². The van der Waals surface area contributed by atoms with Gasteiger partial charge in [0.1, 0.15) is 5.82 Å². The van der Waals surface area contributed by atoms with E-state index in [0.29, 0.717) is 12.4 Å². The van der Waals surface area contributed by atoms with Gasteiger partial charge in [-0.05, 0) is 31.9 Å². The van der Waals surface area contributed by atoms with Gasteiger partial charge in [-0.3, -0.25) is 15.2 Å². The molecule has 9 heteroatoms. The molecule has 1 unspecified atom stereocenters. The number of carbonyl (C=O) groups excluding carboxylic acids is 1. The number of fused-ring (bicyclic) bond motifs is 4. The van der Waals surface area contributed by atoms with Crippen molar-refractivity contribution >= 4 is 29.2 Å². The van der Waals surface area contributed by atoms with Crippen LogP contribution in [-0.4, -0.2) is 65.4 Å². The number of urea groups is 1. The van der Waals surface area contributed by atoms with E-state index in [1.54, 1.807) is 18.6 Å². The Bertz CT molecular complexity index is 940. The molecular weight excluding hydrogens is 382 g/mol. The molecule has 9 nitrogen and oxygen atoms in total. The Morgan fingerprint density at radius 2 is 2.20 bits per heavy atom. The highest BCUT2D eigenvalue weighted by Gasteiger charge is 2.51. The van der Waals surface area contributed by atoms with Crippen molar-refractivity contribution in [3.63, 3.8) is 0 Å². The van der Waals surface area contributed by atoms with Crippen LogP contribution in [0, 0.1) is 0 Å². The fraction of sp³-hybridized carbons (Fsp3) is 0.524. The van der Waals surface area contributed by atoms with Crippen LogP contribution in [0.3, 0.4) is 0 Å². The highest BCUT2D eigenvalue weighted by Crippen LogP contribution is 2.46. The zero-order valence-electron chi connectivity index (χ0n) is 17.4. The van der Waals surface area contributed by atoms with Gasteiger partial charge in [-0.15, -0.1) is 0 Å². The molecule has 2 aromatic heterocycles. The topological polar surface area (TPSA) is 86.7 Å². The maximum absolute atomic E-state index is 13.5. The summed E-state index contributed by atoms with van der Waals surface area (Å²) in [6, 6.07) is 3.96. The van der Waals surface area contributed by atoms with Crippen molar-refractivity contribution in [1.82, 2.24) is 15.0 Å². The highest BCUT2D eigenvalue weighted by molar-refractivity contribution is 6.05. The Morgan fingerprint density at radius 1 is 1.30 bits per heavy atom. The number of hydrogen-bond donors (Lipinski definition) is 1. The molecule has 0 aliphatic carbocycles. The molecular formula is C21H27N7O2. The number of anilines is 4. The third kappa shape index (κ3) is 3.13.